The SMILES string of the molecule is Cc1ccc(C(C)NCCCC(F)(F)F)c(C)c1. The minimum Gasteiger partial charge on any atom is -0.310 e. The van der Waals surface area contributed by atoms with Crippen LogP contribution in [0.5, 0.6) is 0 Å². The second-order valence-electron chi connectivity index (χ2n) is 4.75. The molecule has 1 N–H and O–H groups in total. The third kappa shape index (κ3) is 5.08. The van der Waals surface area contributed by atoms with Crippen LogP contribution in [0.25, 0.3) is 0 Å². The zero-order valence-electron chi connectivity index (χ0n) is 11.1. The number of alkyl halides is 3. The van der Waals surface area contributed by atoms with Crippen LogP contribution in [0.15, 0.2) is 18.2 Å². The molecule has 1 aromatic rings. The first kappa shape index (κ1) is 15.0. The van der Waals surface area contributed by atoms with Crippen molar-refractivity contribution in [2.75, 3.05) is 6.54 Å². The molecule has 0 amide bonds. The minimum atomic E-state index is -4.05. The zero-order valence-corrected chi connectivity index (χ0v) is 11.1. The van der Waals surface area contributed by atoms with Crippen LogP contribution < -0.4 is 5.32 Å². The Bertz CT molecular complexity index is 385. The van der Waals surface area contributed by atoms with Crippen LogP contribution in [0.4, 0.5) is 13.2 Å². The zero-order chi connectivity index (χ0) is 13.8. The van der Waals surface area contributed by atoms with Crippen molar-refractivity contribution in [1.82, 2.24) is 5.32 Å². The molecule has 0 bridgehead atoms. The summed E-state index contributed by atoms with van der Waals surface area (Å²) in [5.74, 6) is 0. The summed E-state index contributed by atoms with van der Waals surface area (Å²) in [6, 6.07) is 6.23. The van der Waals surface area contributed by atoms with Gasteiger partial charge in [0.2, 0.25) is 0 Å². The molecule has 0 spiro atoms. The van der Waals surface area contributed by atoms with Gasteiger partial charge in [0, 0.05) is 12.5 Å². The lowest BCUT2D eigenvalue weighted by atomic mass is 10.0. The fraction of sp³-hybridized carbons (Fsp3) is 0.571. The van der Waals surface area contributed by atoms with E-state index in [-0.39, 0.29) is 12.5 Å². The highest BCUT2D eigenvalue weighted by atomic mass is 19.4. The molecule has 4 heteroatoms. The number of hydrogen-bond acceptors (Lipinski definition) is 1. The Hall–Kier alpha value is -1.03. The van der Waals surface area contributed by atoms with Crippen molar-refractivity contribution in [3.8, 4) is 0 Å². The monoisotopic (exact) mass is 259 g/mol. The number of halogens is 3. The molecule has 102 valence electrons. The van der Waals surface area contributed by atoms with Gasteiger partial charge in [0.15, 0.2) is 0 Å². The first-order valence-corrected chi connectivity index (χ1v) is 6.17. The highest BCUT2D eigenvalue weighted by Crippen LogP contribution is 2.22. The molecule has 0 radical (unpaired) electrons. The van der Waals surface area contributed by atoms with Crippen molar-refractivity contribution < 1.29 is 13.2 Å². The van der Waals surface area contributed by atoms with E-state index in [4.69, 9.17) is 0 Å². The highest BCUT2D eigenvalue weighted by Gasteiger charge is 2.25. The van der Waals surface area contributed by atoms with Gasteiger partial charge in [0.25, 0.3) is 0 Å². The predicted octanol–water partition coefficient (Wildman–Crippen LogP) is 4.30. The number of hydrogen-bond donors (Lipinski definition) is 1. The second kappa shape index (κ2) is 6.23. The third-order valence-electron chi connectivity index (χ3n) is 2.98. The summed E-state index contributed by atoms with van der Waals surface area (Å²) in [6.45, 7) is 6.41. The van der Waals surface area contributed by atoms with Crippen molar-refractivity contribution in [2.45, 2.75) is 45.8 Å². The molecule has 0 aliphatic heterocycles. The Morgan fingerprint density at radius 3 is 2.44 bits per heavy atom. The molecule has 0 saturated carbocycles. The lowest BCUT2D eigenvalue weighted by Crippen LogP contribution is -2.22. The highest BCUT2D eigenvalue weighted by molar-refractivity contribution is 5.32. The van der Waals surface area contributed by atoms with Gasteiger partial charge in [-0.1, -0.05) is 23.8 Å². The topological polar surface area (TPSA) is 12.0 Å². The van der Waals surface area contributed by atoms with Gasteiger partial charge >= 0.3 is 6.18 Å². The second-order valence-corrected chi connectivity index (χ2v) is 4.75. The predicted molar refractivity (Wildman–Crippen MR) is 67.6 cm³/mol. The number of benzene rings is 1. The minimum absolute atomic E-state index is 0.0823. The lowest BCUT2D eigenvalue weighted by molar-refractivity contribution is -0.135. The van der Waals surface area contributed by atoms with E-state index < -0.39 is 12.6 Å². The summed E-state index contributed by atoms with van der Waals surface area (Å²) >= 11 is 0. The van der Waals surface area contributed by atoms with E-state index in [0.29, 0.717) is 6.54 Å². The van der Waals surface area contributed by atoms with Crippen molar-refractivity contribution in [2.24, 2.45) is 0 Å². The van der Waals surface area contributed by atoms with Gasteiger partial charge in [-0.25, -0.2) is 0 Å². The van der Waals surface area contributed by atoms with Gasteiger partial charge in [0.05, 0.1) is 0 Å². The van der Waals surface area contributed by atoms with E-state index in [2.05, 4.69) is 11.4 Å². The molecule has 0 fully saturated rings. The smallest absolute Gasteiger partial charge is 0.310 e. The summed E-state index contributed by atoms with van der Waals surface area (Å²) in [7, 11) is 0. The number of nitrogens with one attached hydrogen (secondary N) is 1. The fourth-order valence-electron chi connectivity index (χ4n) is 2.03. The molecule has 18 heavy (non-hydrogen) atoms. The first-order valence-electron chi connectivity index (χ1n) is 6.17. The van der Waals surface area contributed by atoms with E-state index in [9.17, 15) is 13.2 Å². The molecule has 1 aromatic carbocycles. The quantitative estimate of drug-likeness (QED) is 0.777. The van der Waals surface area contributed by atoms with Crippen LogP contribution in [0.3, 0.4) is 0 Å². The van der Waals surface area contributed by atoms with Crippen molar-refractivity contribution in [1.29, 1.82) is 0 Å². The number of aryl methyl sites for hydroxylation is 2. The summed E-state index contributed by atoms with van der Waals surface area (Å²) in [4.78, 5) is 0. The molecule has 1 nitrogen and oxygen atoms in total. The molecular formula is C14H20F3N. The summed E-state index contributed by atoms with van der Waals surface area (Å²) < 4.78 is 36.0. The maximum atomic E-state index is 12.0. The van der Waals surface area contributed by atoms with Crippen LogP contribution in [0.2, 0.25) is 0 Å². The first-order chi connectivity index (χ1) is 8.29. The van der Waals surface area contributed by atoms with Gasteiger partial charge in [0.1, 0.15) is 0 Å². The van der Waals surface area contributed by atoms with Crippen LogP contribution in [-0.2, 0) is 0 Å². The van der Waals surface area contributed by atoms with Gasteiger partial charge in [-0.15, -0.1) is 0 Å². The molecule has 0 aliphatic rings. The Balaban J connectivity index is 2.43. The maximum absolute atomic E-state index is 12.0. The van der Waals surface area contributed by atoms with Crippen molar-refractivity contribution in [3.63, 3.8) is 0 Å². The maximum Gasteiger partial charge on any atom is 0.389 e. The Kier molecular flexibility index (Phi) is 5.20. The van der Waals surface area contributed by atoms with Gasteiger partial charge in [-0.05, 0) is 44.9 Å². The van der Waals surface area contributed by atoms with E-state index in [0.717, 1.165) is 5.56 Å². The molecule has 0 aliphatic carbocycles. The van der Waals surface area contributed by atoms with Gasteiger partial charge in [-0.2, -0.15) is 13.2 Å². The largest absolute Gasteiger partial charge is 0.389 e. The standard InChI is InChI=1S/C14H20F3N/c1-10-5-6-13(11(2)9-10)12(3)18-8-4-7-14(15,16)17/h5-6,9,12,18H,4,7-8H2,1-3H3. The lowest BCUT2D eigenvalue weighted by Gasteiger charge is -2.17. The van der Waals surface area contributed by atoms with Crippen molar-refractivity contribution >= 4 is 0 Å². The Labute approximate surface area is 106 Å². The number of rotatable bonds is 5. The average molecular weight is 259 g/mol. The molecule has 0 heterocycles. The molecule has 0 saturated heterocycles. The molecule has 1 unspecified atom stereocenters. The molecule has 1 atom stereocenters. The van der Waals surface area contributed by atoms with Gasteiger partial charge in [-0.3, -0.25) is 0 Å². The third-order valence-corrected chi connectivity index (χ3v) is 2.98. The average Bonchev–Trinajstić information content (AvgIpc) is 2.22. The Morgan fingerprint density at radius 1 is 1.22 bits per heavy atom. The van der Waals surface area contributed by atoms with Crippen LogP contribution in [0.1, 0.15) is 42.5 Å². The molecule has 0 aromatic heterocycles. The van der Waals surface area contributed by atoms with E-state index in [1.54, 1.807) is 0 Å². The summed E-state index contributed by atoms with van der Waals surface area (Å²) in [5.41, 5.74) is 3.51. The van der Waals surface area contributed by atoms with Crippen molar-refractivity contribution in [3.05, 3.63) is 34.9 Å². The summed E-state index contributed by atoms with van der Waals surface area (Å²) in [6.07, 6.45) is -4.65. The van der Waals surface area contributed by atoms with Crippen LogP contribution in [0, 0.1) is 13.8 Å². The van der Waals surface area contributed by atoms with Crippen LogP contribution >= 0.6 is 0 Å². The molecule has 1 rings (SSSR count). The van der Waals surface area contributed by atoms with E-state index >= 15 is 0 Å². The van der Waals surface area contributed by atoms with E-state index in [1.807, 2.05) is 32.9 Å². The van der Waals surface area contributed by atoms with Gasteiger partial charge < -0.3 is 5.32 Å². The summed E-state index contributed by atoms with van der Waals surface area (Å²) in [5, 5.41) is 3.13. The van der Waals surface area contributed by atoms with Crippen LogP contribution in [-0.4, -0.2) is 12.7 Å². The Morgan fingerprint density at radius 2 is 1.89 bits per heavy atom. The van der Waals surface area contributed by atoms with E-state index in [1.165, 1.54) is 11.1 Å². The molecular weight excluding hydrogens is 239 g/mol. The fourth-order valence-corrected chi connectivity index (χ4v) is 2.03. The normalized spacial score (nSPS) is 13.7.